The lowest BCUT2D eigenvalue weighted by atomic mass is 10.0. The van der Waals surface area contributed by atoms with Gasteiger partial charge in [-0.05, 0) is 38.8 Å². The van der Waals surface area contributed by atoms with E-state index in [1.54, 1.807) is 0 Å². The molecule has 2 N–H and O–H groups in total. The van der Waals surface area contributed by atoms with Crippen LogP contribution in [0.2, 0.25) is 0 Å². The SMILES string of the molecule is Cc1cccc(-c2nnc(CN)n2C(C)C)c1C. The third kappa shape index (κ3) is 2.04. The van der Waals surface area contributed by atoms with Crippen molar-refractivity contribution in [2.24, 2.45) is 5.73 Å². The van der Waals surface area contributed by atoms with Crippen molar-refractivity contribution >= 4 is 0 Å². The minimum Gasteiger partial charge on any atom is -0.324 e. The molecule has 0 spiro atoms. The molecule has 1 aromatic carbocycles. The molecule has 0 bridgehead atoms. The van der Waals surface area contributed by atoms with Crippen molar-refractivity contribution in [3.8, 4) is 11.4 Å². The fourth-order valence-corrected chi connectivity index (χ4v) is 2.18. The van der Waals surface area contributed by atoms with Crippen molar-refractivity contribution in [1.82, 2.24) is 14.8 Å². The molecule has 4 nitrogen and oxygen atoms in total. The van der Waals surface area contributed by atoms with Gasteiger partial charge < -0.3 is 10.3 Å². The van der Waals surface area contributed by atoms with Crippen LogP contribution in [0.15, 0.2) is 18.2 Å². The molecule has 1 heterocycles. The van der Waals surface area contributed by atoms with Crippen LogP contribution in [-0.4, -0.2) is 14.8 Å². The van der Waals surface area contributed by atoms with E-state index in [0.717, 1.165) is 17.2 Å². The molecule has 4 heteroatoms. The van der Waals surface area contributed by atoms with E-state index in [2.05, 4.69) is 60.7 Å². The smallest absolute Gasteiger partial charge is 0.164 e. The van der Waals surface area contributed by atoms with Gasteiger partial charge in [0.2, 0.25) is 0 Å². The summed E-state index contributed by atoms with van der Waals surface area (Å²) in [4.78, 5) is 0. The van der Waals surface area contributed by atoms with Crippen molar-refractivity contribution in [2.75, 3.05) is 0 Å². The molecule has 0 radical (unpaired) electrons. The van der Waals surface area contributed by atoms with E-state index in [-0.39, 0.29) is 0 Å². The van der Waals surface area contributed by atoms with Gasteiger partial charge in [-0.3, -0.25) is 0 Å². The number of nitrogens with two attached hydrogens (primary N) is 1. The highest BCUT2D eigenvalue weighted by molar-refractivity contribution is 5.62. The molecule has 0 saturated heterocycles. The van der Waals surface area contributed by atoms with Gasteiger partial charge in [0.1, 0.15) is 5.82 Å². The molecule has 0 aliphatic heterocycles. The molecule has 0 aliphatic rings. The molecule has 96 valence electrons. The second-order valence-corrected chi connectivity index (χ2v) is 4.86. The lowest BCUT2D eigenvalue weighted by Crippen LogP contribution is -2.12. The number of aryl methyl sites for hydroxylation is 1. The summed E-state index contributed by atoms with van der Waals surface area (Å²) >= 11 is 0. The standard InChI is InChI=1S/C14H20N4/c1-9(2)18-13(8-15)16-17-14(18)12-7-5-6-10(3)11(12)4/h5-7,9H,8,15H2,1-4H3. The normalized spacial score (nSPS) is 11.2. The van der Waals surface area contributed by atoms with Crippen molar-refractivity contribution < 1.29 is 0 Å². The maximum atomic E-state index is 5.72. The third-order valence-corrected chi connectivity index (χ3v) is 3.31. The van der Waals surface area contributed by atoms with Gasteiger partial charge in [0.05, 0.1) is 6.54 Å². The first kappa shape index (κ1) is 12.8. The van der Waals surface area contributed by atoms with Gasteiger partial charge in [-0.1, -0.05) is 18.2 Å². The lowest BCUT2D eigenvalue weighted by Gasteiger charge is -2.15. The van der Waals surface area contributed by atoms with Gasteiger partial charge in [0, 0.05) is 11.6 Å². The van der Waals surface area contributed by atoms with Crippen LogP contribution in [0, 0.1) is 13.8 Å². The summed E-state index contributed by atoms with van der Waals surface area (Å²) in [5.41, 5.74) is 9.37. The molecule has 0 amide bonds. The second-order valence-electron chi connectivity index (χ2n) is 4.86. The molecule has 2 aromatic rings. The minimum absolute atomic E-state index is 0.300. The highest BCUT2D eigenvalue weighted by Gasteiger charge is 2.16. The number of hydrogen-bond donors (Lipinski definition) is 1. The summed E-state index contributed by atoms with van der Waals surface area (Å²) in [6.07, 6.45) is 0. The van der Waals surface area contributed by atoms with Gasteiger partial charge >= 0.3 is 0 Å². The average Bonchev–Trinajstić information content (AvgIpc) is 2.76. The topological polar surface area (TPSA) is 56.7 Å². The predicted octanol–water partition coefficient (Wildman–Crippen LogP) is 2.60. The monoisotopic (exact) mass is 244 g/mol. The highest BCUT2D eigenvalue weighted by atomic mass is 15.3. The number of aromatic nitrogens is 3. The Morgan fingerprint density at radius 2 is 1.94 bits per heavy atom. The van der Waals surface area contributed by atoms with Crippen LogP contribution in [0.4, 0.5) is 0 Å². The van der Waals surface area contributed by atoms with Crippen molar-refractivity contribution in [1.29, 1.82) is 0 Å². The number of benzene rings is 1. The van der Waals surface area contributed by atoms with Gasteiger partial charge in [0.25, 0.3) is 0 Å². The van der Waals surface area contributed by atoms with Gasteiger partial charge in [-0.2, -0.15) is 0 Å². The fourth-order valence-electron chi connectivity index (χ4n) is 2.18. The van der Waals surface area contributed by atoms with Crippen LogP contribution in [0.25, 0.3) is 11.4 Å². The van der Waals surface area contributed by atoms with Gasteiger partial charge in [-0.15, -0.1) is 10.2 Å². The Morgan fingerprint density at radius 3 is 2.56 bits per heavy atom. The quantitative estimate of drug-likeness (QED) is 0.903. The van der Waals surface area contributed by atoms with Crippen molar-refractivity contribution in [3.05, 3.63) is 35.2 Å². The van der Waals surface area contributed by atoms with Crippen LogP contribution < -0.4 is 5.73 Å². The van der Waals surface area contributed by atoms with Crippen LogP contribution >= 0.6 is 0 Å². The minimum atomic E-state index is 0.300. The molecule has 18 heavy (non-hydrogen) atoms. The summed E-state index contributed by atoms with van der Waals surface area (Å²) < 4.78 is 2.11. The Kier molecular flexibility index (Phi) is 3.48. The Balaban J connectivity index is 2.64. The average molecular weight is 244 g/mol. The maximum Gasteiger partial charge on any atom is 0.164 e. The molecule has 1 aromatic heterocycles. The Labute approximate surface area is 108 Å². The van der Waals surface area contributed by atoms with E-state index in [1.807, 2.05) is 0 Å². The Bertz CT molecular complexity index is 555. The molecule has 0 saturated carbocycles. The van der Waals surface area contributed by atoms with Crippen LogP contribution in [0.1, 0.15) is 36.8 Å². The van der Waals surface area contributed by atoms with Crippen LogP contribution in [0.5, 0.6) is 0 Å². The van der Waals surface area contributed by atoms with E-state index in [0.29, 0.717) is 12.6 Å². The first-order chi connectivity index (χ1) is 8.56. The fraction of sp³-hybridized carbons (Fsp3) is 0.429. The zero-order chi connectivity index (χ0) is 13.3. The molecule has 0 atom stereocenters. The van der Waals surface area contributed by atoms with E-state index in [4.69, 9.17) is 5.73 Å². The third-order valence-electron chi connectivity index (χ3n) is 3.31. The first-order valence-electron chi connectivity index (χ1n) is 6.26. The maximum absolute atomic E-state index is 5.72. The first-order valence-corrected chi connectivity index (χ1v) is 6.26. The summed E-state index contributed by atoms with van der Waals surface area (Å²) in [6.45, 7) is 8.88. The van der Waals surface area contributed by atoms with Crippen LogP contribution in [-0.2, 0) is 6.54 Å². The molecule has 0 aliphatic carbocycles. The van der Waals surface area contributed by atoms with Gasteiger partial charge in [0.15, 0.2) is 5.82 Å². The van der Waals surface area contributed by atoms with Gasteiger partial charge in [-0.25, -0.2) is 0 Å². The van der Waals surface area contributed by atoms with E-state index < -0.39 is 0 Å². The second kappa shape index (κ2) is 4.90. The zero-order valence-corrected chi connectivity index (χ0v) is 11.4. The Hall–Kier alpha value is -1.68. The number of rotatable bonds is 3. The summed E-state index contributed by atoms with van der Waals surface area (Å²) in [5.74, 6) is 1.74. The van der Waals surface area contributed by atoms with E-state index >= 15 is 0 Å². The van der Waals surface area contributed by atoms with Crippen molar-refractivity contribution in [3.63, 3.8) is 0 Å². The summed E-state index contributed by atoms with van der Waals surface area (Å²) in [5, 5.41) is 8.50. The predicted molar refractivity (Wildman–Crippen MR) is 73.2 cm³/mol. The van der Waals surface area contributed by atoms with E-state index in [9.17, 15) is 0 Å². The molecule has 2 rings (SSSR count). The number of nitrogens with zero attached hydrogens (tertiary/aromatic N) is 3. The number of hydrogen-bond acceptors (Lipinski definition) is 3. The summed E-state index contributed by atoms with van der Waals surface area (Å²) in [7, 11) is 0. The molecule has 0 unspecified atom stereocenters. The summed E-state index contributed by atoms with van der Waals surface area (Å²) in [6, 6.07) is 6.55. The highest BCUT2D eigenvalue weighted by Crippen LogP contribution is 2.26. The van der Waals surface area contributed by atoms with Crippen molar-refractivity contribution in [2.45, 2.75) is 40.3 Å². The van der Waals surface area contributed by atoms with Crippen LogP contribution in [0.3, 0.4) is 0 Å². The Morgan fingerprint density at radius 1 is 1.22 bits per heavy atom. The molecular weight excluding hydrogens is 224 g/mol. The zero-order valence-electron chi connectivity index (χ0n) is 11.4. The molecule has 0 fully saturated rings. The molecular formula is C14H20N4. The largest absolute Gasteiger partial charge is 0.324 e. The lowest BCUT2D eigenvalue weighted by molar-refractivity contribution is 0.574. The van der Waals surface area contributed by atoms with E-state index in [1.165, 1.54) is 11.1 Å².